The van der Waals surface area contributed by atoms with Crippen molar-refractivity contribution in [1.29, 1.82) is 0 Å². The van der Waals surface area contributed by atoms with E-state index in [0.29, 0.717) is 0 Å². The van der Waals surface area contributed by atoms with Crippen LogP contribution in [0.3, 0.4) is 0 Å². The van der Waals surface area contributed by atoms with Gasteiger partial charge in [0.05, 0.1) is 11.9 Å². The first kappa shape index (κ1) is 34.0. The number of carboxylic acid groups (broad SMARTS) is 6. The molecule has 28 heavy (non-hydrogen) atoms. The molecular weight excluding hydrogens is 572 g/mol. The molecule has 0 aromatic carbocycles. The molecule has 0 bridgehead atoms. The summed E-state index contributed by atoms with van der Waals surface area (Å²) < 4.78 is 0. The first-order valence-corrected chi connectivity index (χ1v) is 6.23. The molecule has 16 heteroatoms. The zero-order valence-corrected chi connectivity index (χ0v) is 19.3. The number of rotatable bonds is 10. The summed E-state index contributed by atoms with van der Waals surface area (Å²) in [6.07, 6.45) is -5.43. The maximum Gasteiger partial charge on any atom is 5.00 e. The number of aliphatic hydroxyl groups is 2. The Morgan fingerprint density at radius 3 is 0.750 bits per heavy atom. The SMILES string of the molecule is O=C([O-])CC(O)(CC(=O)[O-])C(=O)[O-].O=C([O-])CC(O)(CC(=O)[O-])C(=O)[O-].[Na+].[Ta+5]. The number of hydrogen-bond acceptors (Lipinski definition) is 14. The van der Waals surface area contributed by atoms with E-state index in [1.807, 2.05) is 0 Å². The molecule has 0 fully saturated rings. The van der Waals surface area contributed by atoms with Gasteiger partial charge in [-0.25, -0.2) is 0 Å². The van der Waals surface area contributed by atoms with Crippen molar-refractivity contribution >= 4 is 35.8 Å². The van der Waals surface area contributed by atoms with Crippen molar-refractivity contribution in [2.24, 2.45) is 0 Å². The van der Waals surface area contributed by atoms with Crippen LogP contribution in [-0.4, -0.2) is 57.2 Å². The monoisotopic (exact) mass is 582 g/mol. The van der Waals surface area contributed by atoms with Gasteiger partial charge in [0.1, 0.15) is 11.2 Å². The Kier molecular flexibility index (Phi) is 17.6. The van der Waals surface area contributed by atoms with Crippen LogP contribution in [0.4, 0.5) is 0 Å². The van der Waals surface area contributed by atoms with Gasteiger partial charge >= 0.3 is 51.9 Å². The largest absolute Gasteiger partial charge is 5.00 e. The zero-order chi connectivity index (χ0) is 21.3. The van der Waals surface area contributed by atoms with Gasteiger partial charge in [-0.1, -0.05) is 0 Å². The Hall–Kier alpha value is -1.52. The first-order chi connectivity index (χ1) is 11.6. The third-order valence-corrected chi connectivity index (χ3v) is 2.51. The standard InChI is InChI=1S/2C6H8O7.Na.Ta/c2*7-3(8)1-6(13,5(11)12)2-4(9)10;;/h2*13H,1-2H2,(H,7,8)(H,9,10)(H,11,12);;/q;;+1;+5/p-6. The predicted molar refractivity (Wildman–Crippen MR) is 58.4 cm³/mol. The molecule has 0 radical (unpaired) electrons. The molecule has 0 rings (SSSR count). The van der Waals surface area contributed by atoms with Crippen molar-refractivity contribution in [1.82, 2.24) is 0 Å². The summed E-state index contributed by atoms with van der Waals surface area (Å²) in [7, 11) is 0. The van der Waals surface area contributed by atoms with Gasteiger partial charge in [0.25, 0.3) is 0 Å². The second-order valence-corrected chi connectivity index (χ2v) is 4.83. The fraction of sp³-hybridized carbons (Fsp3) is 0.500. The third-order valence-electron chi connectivity index (χ3n) is 2.51. The molecule has 0 amide bonds. The van der Waals surface area contributed by atoms with E-state index in [0.717, 1.165) is 0 Å². The van der Waals surface area contributed by atoms with Gasteiger partial charge in [0, 0.05) is 49.6 Å². The molecule has 2 N–H and O–H groups in total. The number of carbonyl (C=O) groups is 6. The Bertz CT molecular complexity index is 519. The van der Waals surface area contributed by atoms with Crippen LogP contribution in [-0.2, 0) is 51.1 Å². The molecule has 0 aliphatic carbocycles. The van der Waals surface area contributed by atoms with Crippen LogP contribution >= 0.6 is 0 Å². The first-order valence-electron chi connectivity index (χ1n) is 6.23. The van der Waals surface area contributed by atoms with E-state index < -0.39 is 72.7 Å². The van der Waals surface area contributed by atoms with Crippen LogP contribution in [0, 0.1) is 0 Å². The minimum atomic E-state index is -2.97. The Balaban J connectivity index is -0.000000192. The van der Waals surface area contributed by atoms with Gasteiger partial charge < -0.3 is 69.6 Å². The van der Waals surface area contributed by atoms with Gasteiger partial charge in [-0.2, -0.15) is 0 Å². The van der Waals surface area contributed by atoms with Gasteiger partial charge in [0.15, 0.2) is 0 Å². The fourth-order valence-corrected chi connectivity index (χ4v) is 1.37. The number of carboxylic acids is 6. The number of carbonyl (C=O) groups excluding carboxylic acids is 6. The summed E-state index contributed by atoms with van der Waals surface area (Å²) in [6.45, 7) is 0. The average Bonchev–Trinajstić information content (AvgIpc) is 2.34. The summed E-state index contributed by atoms with van der Waals surface area (Å²) in [6, 6.07) is 0. The minimum absolute atomic E-state index is 0. The topological polar surface area (TPSA) is 281 Å². The van der Waals surface area contributed by atoms with E-state index in [1.165, 1.54) is 0 Å². The Morgan fingerprint density at radius 2 is 0.679 bits per heavy atom. The van der Waals surface area contributed by atoms with E-state index in [9.17, 15) is 59.4 Å². The molecule has 0 spiro atoms. The van der Waals surface area contributed by atoms with Gasteiger partial charge in [-0.3, -0.25) is 0 Å². The predicted octanol–water partition coefficient (Wildman–Crippen LogP) is -13.5. The Morgan fingerprint density at radius 1 is 0.536 bits per heavy atom. The molecule has 148 valence electrons. The van der Waals surface area contributed by atoms with E-state index in [1.54, 1.807) is 0 Å². The third kappa shape index (κ3) is 14.5. The van der Waals surface area contributed by atoms with Gasteiger partial charge in [-0.05, 0) is 0 Å². The van der Waals surface area contributed by atoms with Crippen molar-refractivity contribution in [2.75, 3.05) is 0 Å². The van der Waals surface area contributed by atoms with Crippen molar-refractivity contribution < 1.29 is 122 Å². The molecule has 0 aliphatic heterocycles. The molecule has 0 aromatic heterocycles. The van der Waals surface area contributed by atoms with Crippen LogP contribution in [0.15, 0.2) is 0 Å². The van der Waals surface area contributed by atoms with Crippen LogP contribution < -0.4 is 60.2 Å². The van der Waals surface area contributed by atoms with Crippen molar-refractivity contribution in [3.63, 3.8) is 0 Å². The normalized spacial score (nSPS) is 10.1. The number of hydrogen-bond donors (Lipinski definition) is 2. The molecule has 14 nitrogen and oxygen atoms in total. The Labute approximate surface area is 193 Å². The molecule has 0 heterocycles. The summed E-state index contributed by atoms with van der Waals surface area (Å²) in [5.41, 5.74) is -5.95. The molecule has 0 aliphatic rings. The van der Waals surface area contributed by atoms with Crippen LogP contribution in [0.25, 0.3) is 0 Å². The van der Waals surface area contributed by atoms with Crippen LogP contribution in [0.5, 0.6) is 0 Å². The molecule has 0 saturated heterocycles. The molecule has 0 saturated carbocycles. The summed E-state index contributed by atoms with van der Waals surface area (Å²) >= 11 is 0. The van der Waals surface area contributed by atoms with E-state index in [-0.39, 0.29) is 51.9 Å². The molecular formula is C12H10NaO14Ta. The van der Waals surface area contributed by atoms with Crippen molar-refractivity contribution in [3.8, 4) is 0 Å². The second-order valence-electron chi connectivity index (χ2n) is 4.83. The maximum absolute atomic E-state index is 10.1. The molecule has 0 aromatic rings. The zero-order valence-electron chi connectivity index (χ0n) is 14.1. The molecule has 0 unspecified atom stereocenters. The van der Waals surface area contributed by atoms with Gasteiger partial charge in [-0.15, -0.1) is 0 Å². The van der Waals surface area contributed by atoms with Crippen LogP contribution in [0.2, 0.25) is 0 Å². The minimum Gasteiger partial charge on any atom is -0.550 e. The summed E-state index contributed by atoms with van der Waals surface area (Å²) in [4.78, 5) is 60.0. The average molecular weight is 582 g/mol. The maximum atomic E-state index is 10.1. The number of aliphatic carboxylic acids is 6. The van der Waals surface area contributed by atoms with Crippen molar-refractivity contribution in [3.05, 3.63) is 0 Å². The van der Waals surface area contributed by atoms with E-state index in [2.05, 4.69) is 0 Å². The van der Waals surface area contributed by atoms with Gasteiger partial charge in [0.2, 0.25) is 0 Å². The van der Waals surface area contributed by atoms with Crippen LogP contribution in [0.1, 0.15) is 25.7 Å². The molecule has 0 atom stereocenters. The fourth-order valence-electron chi connectivity index (χ4n) is 1.37. The van der Waals surface area contributed by atoms with E-state index >= 15 is 0 Å². The van der Waals surface area contributed by atoms with Crippen molar-refractivity contribution in [2.45, 2.75) is 36.9 Å². The second kappa shape index (κ2) is 14.5. The summed E-state index contributed by atoms with van der Waals surface area (Å²) in [5.74, 6) is -12.0. The smallest absolute Gasteiger partial charge is 0.550 e. The summed E-state index contributed by atoms with van der Waals surface area (Å²) in [5, 5.41) is 77.9. The quantitative estimate of drug-likeness (QED) is 0.226. The van der Waals surface area contributed by atoms with E-state index in [4.69, 9.17) is 10.2 Å².